The van der Waals surface area contributed by atoms with Crippen LogP contribution in [0.1, 0.15) is 21.7 Å². The monoisotopic (exact) mass is 294 g/mol. The Balaban J connectivity index is 2.08. The highest BCUT2D eigenvalue weighted by atomic mass is 16.2. The Labute approximate surface area is 129 Å². The Kier molecular flexibility index (Phi) is 3.41. The summed E-state index contributed by atoms with van der Waals surface area (Å²) in [5, 5.41) is 5.28. The molecule has 0 atom stereocenters. The van der Waals surface area contributed by atoms with E-state index in [0.29, 0.717) is 11.3 Å². The summed E-state index contributed by atoms with van der Waals surface area (Å²) in [7, 11) is 3.64. The van der Waals surface area contributed by atoms with Crippen LogP contribution in [0.2, 0.25) is 0 Å². The molecule has 0 saturated heterocycles. The van der Waals surface area contributed by atoms with Crippen molar-refractivity contribution in [1.82, 2.24) is 14.8 Å². The normalized spacial score (nSPS) is 10.9. The number of benzene rings is 1. The molecule has 0 saturated carbocycles. The van der Waals surface area contributed by atoms with Gasteiger partial charge < -0.3 is 4.90 Å². The van der Waals surface area contributed by atoms with Crippen LogP contribution in [0.4, 0.5) is 5.69 Å². The number of carbonyl (C=O) groups excluding carboxylic acids is 1. The number of anilines is 1. The van der Waals surface area contributed by atoms with E-state index in [1.165, 1.54) is 0 Å². The van der Waals surface area contributed by atoms with E-state index in [9.17, 15) is 4.79 Å². The van der Waals surface area contributed by atoms with Crippen LogP contribution in [-0.2, 0) is 7.05 Å². The first-order chi connectivity index (χ1) is 10.5. The average molecular weight is 294 g/mol. The highest BCUT2D eigenvalue weighted by Crippen LogP contribution is 2.22. The number of para-hydroxylation sites is 1. The number of aryl methyl sites for hydroxylation is 3. The maximum Gasteiger partial charge on any atom is 0.259 e. The standard InChI is InChI=1S/C17H18N4O/c1-11-15(10-14-12(2)19-21(4)16(14)18-11)17(22)20(3)13-8-6-5-7-9-13/h5-10H,1-4H3. The minimum atomic E-state index is -0.0682. The number of rotatable bonds is 2. The number of fused-ring (bicyclic) bond motifs is 1. The zero-order valence-electron chi connectivity index (χ0n) is 13.2. The lowest BCUT2D eigenvalue weighted by molar-refractivity contribution is 0.0992. The summed E-state index contributed by atoms with van der Waals surface area (Å²) in [5.41, 5.74) is 3.85. The Morgan fingerprint density at radius 1 is 1.14 bits per heavy atom. The second kappa shape index (κ2) is 5.26. The molecule has 2 aromatic heterocycles. The molecule has 0 radical (unpaired) electrons. The topological polar surface area (TPSA) is 51.0 Å². The highest BCUT2D eigenvalue weighted by Gasteiger charge is 2.19. The molecule has 22 heavy (non-hydrogen) atoms. The molecule has 0 bridgehead atoms. The summed E-state index contributed by atoms with van der Waals surface area (Å²) < 4.78 is 1.74. The van der Waals surface area contributed by atoms with Gasteiger partial charge in [0.25, 0.3) is 5.91 Å². The minimum absolute atomic E-state index is 0.0682. The van der Waals surface area contributed by atoms with Crippen LogP contribution >= 0.6 is 0 Å². The van der Waals surface area contributed by atoms with Gasteiger partial charge in [-0.2, -0.15) is 5.10 Å². The maximum absolute atomic E-state index is 12.8. The minimum Gasteiger partial charge on any atom is -0.311 e. The molecule has 1 amide bonds. The molecule has 0 aliphatic carbocycles. The van der Waals surface area contributed by atoms with Gasteiger partial charge in [0, 0.05) is 25.2 Å². The first-order valence-corrected chi connectivity index (χ1v) is 7.13. The molecule has 1 aromatic carbocycles. The van der Waals surface area contributed by atoms with E-state index in [1.54, 1.807) is 16.6 Å². The summed E-state index contributed by atoms with van der Waals surface area (Å²) in [4.78, 5) is 19.0. The molecule has 0 spiro atoms. The summed E-state index contributed by atoms with van der Waals surface area (Å²) in [6, 6.07) is 11.5. The van der Waals surface area contributed by atoms with Crippen molar-refractivity contribution < 1.29 is 4.79 Å². The molecule has 3 rings (SSSR count). The quantitative estimate of drug-likeness (QED) is 0.730. The number of amides is 1. The maximum atomic E-state index is 12.8. The number of nitrogens with zero attached hydrogens (tertiary/aromatic N) is 4. The Bertz CT molecular complexity index is 852. The highest BCUT2D eigenvalue weighted by molar-refractivity contribution is 6.08. The van der Waals surface area contributed by atoms with Crippen LogP contribution in [0.5, 0.6) is 0 Å². The number of hydrogen-bond donors (Lipinski definition) is 0. The number of pyridine rings is 1. The zero-order valence-corrected chi connectivity index (χ0v) is 13.2. The van der Waals surface area contributed by atoms with E-state index < -0.39 is 0 Å². The van der Waals surface area contributed by atoms with Crippen molar-refractivity contribution >= 4 is 22.6 Å². The van der Waals surface area contributed by atoms with Gasteiger partial charge in [0.2, 0.25) is 0 Å². The van der Waals surface area contributed by atoms with E-state index in [1.807, 2.05) is 57.3 Å². The van der Waals surface area contributed by atoms with E-state index in [2.05, 4.69) is 10.1 Å². The van der Waals surface area contributed by atoms with Gasteiger partial charge in [-0.05, 0) is 32.0 Å². The Morgan fingerprint density at radius 3 is 2.50 bits per heavy atom. The molecule has 0 fully saturated rings. The second-order valence-corrected chi connectivity index (χ2v) is 5.40. The Hall–Kier alpha value is -2.69. The summed E-state index contributed by atoms with van der Waals surface area (Å²) in [5.74, 6) is -0.0682. The van der Waals surface area contributed by atoms with Crippen molar-refractivity contribution in [3.05, 3.63) is 53.3 Å². The van der Waals surface area contributed by atoms with Crippen LogP contribution in [0.25, 0.3) is 11.0 Å². The van der Waals surface area contributed by atoms with Crippen molar-refractivity contribution in [3.63, 3.8) is 0 Å². The molecule has 112 valence electrons. The van der Waals surface area contributed by atoms with E-state index in [0.717, 1.165) is 22.4 Å². The number of hydrogen-bond acceptors (Lipinski definition) is 3. The molecule has 0 aliphatic rings. The molecule has 0 unspecified atom stereocenters. The molecule has 0 N–H and O–H groups in total. The van der Waals surface area contributed by atoms with Gasteiger partial charge in [-0.1, -0.05) is 18.2 Å². The predicted octanol–water partition coefficient (Wildman–Crippen LogP) is 2.86. The van der Waals surface area contributed by atoms with Crippen LogP contribution < -0.4 is 4.90 Å². The lowest BCUT2D eigenvalue weighted by Gasteiger charge is -2.18. The van der Waals surface area contributed by atoms with Crippen LogP contribution in [0.3, 0.4) is 0 Å². The summed E-state index contributed by atoms with van der Waals surface area (Å²) in [6.45, 7) is 3.78. The molecule has 5 heteroatoms. The largest absolute Gasteiger partial charge is 0.311 e. The lowest BCUT2D eigenvalue weighted by Crippen LogP contribution is -2.27. The third-order valence-electron chi connectivity index (χ3n) is 3.87. The van der Waals surface area contributed by atoms with Crippen molar-refractivity contribution in [3.8, 4) is 0 Å². The molecule has 3 aromatic rings. The van der Waals surface area contributed by atoms with Crippen molar-refractivity contribution in [2.45, 2.75) is 13.8 Å². The van der Waals surface area contributed by atoms with E-state index >= 15 is 0 Å². The van der Waals surface area contributed by atoms with Gasteiger partial charge in [-0.3, -0.25) is 9.48 Å². The summed E-state index contributed by atoms with van der Waals surface area (Å²) in [6.07, 6.45) is 0. The molecular formula is C17H18N4O. The van der Waals surface area contributed by atoms with Crippen molar-refractivity contribution in [1.29, 1.82) is 0 Å². The lowest BCUT2D eigenvalue weighted by atomic mass is 10.1. The third-order valence-corrected chi connectivity index (χ3v) is 3.87. The van der Waals surface area contributed by atoms with Gasteiger partial charge in [0.05, 0.1) is 17.0 Å². The fraction of sp³-hybridized carbons (Fsp3) is 0.235. The molecule has 0 aliphatic heterocycles. The molecular weight excluding hydrogens is 276 g/mol. The number of carbonyl (C=O) groups is 1. The number of aromatic nitrogens is 3. The van der Waals surface area contributed by atoms with Gasteiger partial charge in [0.1, 0.15) is 0 Å². The SMILES string of the molecule is Cc1nc2c(cc1C(=O)N(C)c1ccccc1)c(C)nn2C. The average Bonchev–Trinajstić information content (AvgIpc) is 2.80. The third kappa shape index (κ3) is 2.24. The predicted molar refractivity (Wildman–Crippen MR) is 87.2 cm³/mol. The van der Waals surface area contributed by atoms with Gasteiger partial charge in [-0.15, -0.1) is 0 Å². The molecule has 2 heterocycles. The van der Waals surface area contributed by atoms with E-state index in [-0.39, 0.29) is 5.91 Å². The van der Waals surface area contributed by atoms with Crippen LogP contribution in [0, 0.1) is 13.8 Å². The smallest absolute Gasteiger partial charge is 0.259 e. The van der Waals surface area contributed by atoms with Crippen LogP contribution in [-0.4, -0.2) is 27.7 Å². The second-order valence-electron chi connectivity index (χ2n) is 5.40. The van der Waals surface area contributed by atoms with Gasteiger partial charge in [0.15, 0.2) is 5.65 Å². The van der Waals surface area contributed by atoms with Crippen LogP contribution in [0.15, 0.2) is 36.4 Å². The van der Waals surface area contributed by atoms with E-state index in [4.69, 9.17) is 0 Å². The fourth-order valence-corrected chi connectivity index (χ4v) is 2.60. The van der Waals surface area contributed by atoms with Gasteiger partial charge >= 0.3 is 0 Å². The first kappa shape index (κ1) is 14.3. The van der Waals surface area contributed by atoms with Crippen molar-refractivity contribution in [2.24, 2.45) is 7.05 Å². The first-order valence-electron chi connectivity index (χ1n) is 7.13. The van der Waals surface area contributed by atoms with Crippen molar-refractivity contribution in [2.75, 3.05) is 11.9 Å². The Morgan fingerprint density at radius 2 is 1.82 bits per heavy atom. The zero-order chi connectivity index (χ0) is 15.9. The summed E-state index contributed by atoms with van der Waals surface area (Å²) >= 11 is 0. The van der Waals surface area contributed by atoms with Gasteiger partial charge in [-0.25, -0.2) is 4.98 Å². The molecule has 5 nitrogen and oxygen atoms in total. The fourth-order valence-electron chi connectivity index (χ4n) is 2.60.